The van der Waals surface area contributed by atoms with Crippen LogP contribution in [0.4, 0.5) is 10.5 Å². The van der Waals surface area contributed by atoms with Crippen LogP contribution in [0, 0.1) is 0 Å². The quantitative estimate of drug-likeness (QED) is 0.806. The number of aliphatic hydroxyl groups excluding tert-OH is 1. The summed E-state index contributed by atoms with van der Waals surface area (Å²) in [5.41, 5.74) is 4.41. The molecule has 0 spiro atoms. The molecule has 0 radical (unpaired) electrons. The zero-order chi connectivity index (χ0) is 21.3. The molecule has 0 saturated heterocycles. The summed E-state index contributed by atoms with van der Waals surface area (Å²) >= 11 is 0. The second-order valence-corrected chi connectivity index (χ2v) is 7.88. The number of fused-ring (bicyclic) bond motifs is 1. The second kappa shape index (κ2) is 7.97. The van der Waals surface area contributed by atoms with E-state index in [9.17, 15) is 19.8 Å². The van der Waals surface area contributed by atoms with E-state index in [1.807, 2.05) is 56.4 Å². The van der Waals surface area contributed by atoms with Crippen molar-refractivity contribution in [3.63, 3.8) is 0 Å². The van der Waals surface area contributed by atoms with Gasteiger partial charge >= 0.3 is 5.91 Å². The number of benzene rings is 2. The highest BCUT2D eigenvalue weighted by molar-refractivity contribution is 5.89. The molecule has 3 rings (SSSR count). The van der Waals surface area contributed by atoms with Crippen molar-refractivity contribution in [1.29, 1.82) is 0 Å². The Labute approximate surface area is 171 Å². The van der Waals surface area contributed by atoms with Crippen LogP contribution in [0.25, 0.3) is 11.1 Å². The average molecular weight is 396 g/mol. The van der Waals surface area contributed by atoms with Crippen LogP contribution in [-0.4, -0.2) is 41.6 Å². The van der Waals surface area contributed by atoms with E-state index in [1.165, 1.54) is 4.90 Å². The van der Waals surface area contributed by atoms with Gasteiger partial charge in [-0.25, -0.2) is 9.28 Å². The lowest BCUT2D eigenvalue weighted by Crippen LogP contribution is -2.60. The third-order valence-corrected chi connectivity index (χ3v) is 6.41. The van der Waals surface area contributed by atoms with Crippen LogP contribution in [0.2, 0.25) is 0 Å². The maximum Gasteiger partial charge on any atom is 0.315 e. The Hall–Kier alpha value is -2.70. The highest BCUT2D eigenvalue weighted by Gasteiger charge is 2.47. The van der Waals surface area contributed by atoms with Crippen molar-refractivity contribution in [3.05, 3.63) is 53.6 Å². The molecule has 0 aliphatic carbocycles. The molecule has 154 valence electrons. The number of rotatable bonds is 4. The number of hydrogen-bond acceptors (Lipinski definition) is 4. The smallest absolute Gasteiger partial charge is 0.315 e. The Bertz CT molecular complexity index is 925. The van der Waals surface area contributed by atoms with Crippen molar-refractivity contribution in [3.8, 4) is 11.1 Å². The molecule has 2 amide bonds. The molecule has 2 aromatic rings. The SMILES string of the molecule is CCN(C(=O)[O-])C1C[C@H](C)[N@+](C)(C(C)=O)c2ccc(-c3ccc(CO)cc3)cc21. The molecule has 6 heteroatoms. The molecule has 6 nitrogen and oxygen atoms in total. The van der Waals surface area contributed by atoms with Gasteiger partial charge in [-0.15, -0.1) is 0 Å². The first-order valence-electron chi connectivity index (χ1n) is 9.93. The lowest BCUT2D eigenvalue weighted by Gasteiger charge is -2.47. The number of carbonyl (C=O) groups excluding carboxylic acids is 2. The predicted octanol–water partition coefficient (Wildman–Crippen LogP) is 2.83. The van der Waals surface area contributed by atoms with Crippen LogP contribution in [0.3, 0.4) is 0 Å². The van der Waals surface area contributed by atoms with E-state index >= 15 is 0 Å². The number of carbonyl (C=O) groups is 2. The van der Waals surface area contributed by atoms with Crippen LogP contribution in [0.15, 0.2) is 42.5 Å². The van der Waals surface area contributed by atoms with Gasteiger partial charge in [-0.2, -0.15) is 0 Å². The zero-order valence-corrected chi connectivity index (χ0v) is 17.4. The van der Waals surface area contributed by atoms with E-state index in [1.54, 1.807) is 13.8 Å². The van der Waals surface area contributed by atoms with E-state index in [0.29, 0.717) is 13.0 Å². The molecule has 29 heavy (non-hydrogen) atoms. The molecule has 1 aliphatic rings. The van der Waals surface area contributed by atoms with Gasteiger partial charge in [0.25, 0.3) is 0 Å². The summed E-state index contributed by atoms with van der Waals surface area (Å²) in [7, 11) is 1.90. The van der Waals surface area contributed by atoms with Crippen molar-refractivity contribution >= 4 is 17.7 Å². The maximum absolute atomic E-state index is 12.6. The lowest BCUT2D eigenvalue weighted by atomic mass is 9.86. The molecule has 0 saturated carbocycles. The molecular weight excluding hydrogens is 368 g/mol. The average Bonchev–Trinajstić information content (AvgIpc) is 2.71. The van der Waals surface area contributed by atoms with Gasteiger partial charge in [0.2, 0.25) is 0 Å². The minimum atomic E-state index is -1.20. The van der Waals surface area contributed by atoms with Gasteiger partial charge in [-0.1, -0.05) is 24.3 Å². The Morgan fingerprint density at radius 1 is 1.17 bits per heavy atom. The predicted molar refractivity (Wildman–Crippen MR) is 111 cm³/mol. The van der Waals surface area contributed by atoms with E-state index in [2.05, 4.69) is 0 Å². The molecule has 2 aromatic carbocycles. The fraction of sp³-hybridized carbons (Fsp3) is 0.391. The molecule has 1 heterocycles. The van der Waals surface area contributed by atoms with Crippen molar-refractivity contribution in [1.82, 2.24) is 9.38 Å². The van der Waals surface area contributed by atoms with Crippen LogP contribution in [0.1, 0.15) is 44.4 Å². The Morgan fingerprint density at radius 3 is 2.31 bits per heavy atom. The van der Waals surface area contributed by atoms with Gasteiger partial charge < -0.3 is 19.9 Å². The molecule has 1 unspecified atom stereocenters. The van der Waals surface area contributed by atoms with Gasteiger partial charge in [0, 0.05) is 24.6 Å². The number of carboxylic acid groups (broad SMARTS) is 1. The number of quaternary nitrogens is 1. The normalized spacial score (nSPS) is 23.3. The summed E-state index contributed by atoms with van der Waals surface area (Å²) in [5, 5.41) is 21.1. The van der Waals surface area contributed by atoms with E-state index < -0.39 is 6.09 Å². The fourth-order valence-corrected chi connectivity index (χ4v) is 4.38. The summed E-state index contributed by atoms with van der Waals surface area (Å²) in [6.07, 6.45) is -0.662. The molecule has 0 bridgehead atoms. The Kier molecular flexibility index (Phi) is 5.78. The minimum absolute atomic E-state index is 0.0179. The summed E-state index contributed by atoms with van der Waals surface area (Å²) in [5.74, 6) is 0.0220. The highest BCUT2D eigenvalue weighted by Crippen LogP contribution is 2.45. The third kappa shape index (κ3) is 3.54. The van der Waals surface area contributed by atoms with Crippen molar-refractivity contribution in [2.75, 3.05) is 13.6 Å². The largest absolute Gasteiger partial charge is 0.530 e. The molecule has 0 fully saturated rings. The summed E-state index contributed by atoms with van der Waals surface area (Å²) in [6, 6.07) is 13.1. The van der Waals surface area contributed by atoms with Crippen LogP contribution in [-0.2, 0) is 11.4 Å². The van der Waals surface area contributed by atoms with Crippen LogP contribution >= 0.6 is 0 Å². The fourth-order valence-electron chi connectivity index (χ4n) is 4.38. The third-order valence-electron chi connectivity index (χ3n) is 6.41. The van der Waals surface area contributed by atoms with Gasteiger partial charge in [0.05, 0.1) is 32.7 Å². The Morgan fingerprint density at radius 2 is 1.79 bits per heavy atom. The lowest BCUT2D eigenvalue weighted by molar-refractivity contribution is -0.268. The first kappa shape index (κ1) is 21.0. The van der Waals surface area contributed by atoms with E-state index in [-0.39, 0.29) is 29.1 Å². The number of nitrogens with zero attached hydrogens (tertiary/aromatic N) is 2. The first-order chi connectivity index (χ1) is 13.7. The Balaban J connectivity index is 2.18. The van der Waals surface area contributed by atoms with Gasteiger partial charge in [0.15, 0.2) is 0 Å². The van der Waals surface area contributed by atoms with Gasteiger partial charge in [-0.05, 0) is 42.7 Å². The zero-order valence-electron chi connectivity index (χ0n) is 17.4. The molecule has 3 atom stereocenters. The molecule has 0 aromatic heterocycles. The topological polar surface area (TPSA) is 80.7 Å². The summed E-state index contributed by atoms with van der Waals surface area (Å²) in [6.45, 7) is 5.67. The maximum atomic E-state index is 12.6. The standard InChI is InChI=1S/C23H28N2O4/c1-5-24(23(28)29)21-12-15(2)25(4,16(3)27)22-11-10-19(13-20(21)22)18-8-6-17(14-26)7-9-18/h6-11,13,15,21,26H,5,12,14H2,1-4H3/t15-,21?,25+/m0/s1. The van der Waals surface area contributed by atoms with Crippen molar-refractivity contribution < 1.29 is 19.8 Å². The number of hydrogen-bond donors (Lipinski definition) is 1. The summed E-state index contributed by atoms with van der Waals surface area (Å²) in [4.78, 5) is 25.7. The molecular formula is C23H28N2O4. The van der Waals surface area contributed by atoms with Crippen molar-refractivity contribution in [2.45, 2.75) is 45.9 Å². The first-order valence-corrected chi connectivity index (χ1v) is 9.93. The van der Waals surface area contributed by atoms with Crippen LogP contribution in [0.5, 0.6) is 0 Å². The van der Waals surface area contributed by atoms with Crippen molar-refractivity contribution in [2.24, 2.45) is 0 Å². The number of aliphatic hydroxyl groups is 1. The van der Waals surface area contributed by atoms with E-state index in [4.69, 9.17) is 0 Å². The van der Waals surface area contributed by atoms with Crippen LogP contribution < -0.4 is 9.59 Å². The number of amides is 2. The monoisotopic (exact) mass is 396 g/mol. The van der Waals surface area contributed by atoms with Gasteiger partial charge in [0.1, 0.15) is 11.8 Å². The van der Waals surface area contributed by atoms with Gasteiger partial charge in [-0.3, -0.25) is 0 Å². The van der Waals surface area contributed by atoms with E-state index in [0.717, 1.165) is 27.9 Å². The minimum Gasteiger partial charge on any atom is -0.530 e. The molecule has 1 aliphatic heterocycles. The second-order valence-electron chi connectivity index (χ2n) is 7.88. The highest BCUT2D eigenvalue weighted by atomic mass is 16.4. The molecule has 1 N–H and O–H groups in total. The summed E-state index contributed by atoms with van der Waals surface area (Å²) < 4.78 is 0.139.